The van der Waals surface area contributed by atoms with Gasteiger partial charge in [-0.1, -0.05) is 41.3 Å². The second-order valence-corrected chi connectivity index (χ2v) is 8.40. The molecule has 1 unspecified atom stereocenters. The number of alkyl halides is 1. The van der Waals surface area contributed by atoms with Gasteiger partial charge in [0.05, 0.1) is 12.4 Å². The molecule has 0 saturated heterocycles. The minimum atomic E-state index is -0.694. The highest BCUT2D eigenvalue weighted by Crippen LogP contribution is 2.32. The van der Waals surface area contributed by atoms with Gasteiger partial charge < -0.3 is 10.1 Å². The van der Waals surface area contributed by atoms with Crippen LogP contribution in [0.2, 0.25) is 0 Å². The van der Waals surface area contributed by atoms with Gasteiger partial charge in [-0.2, -0.15) is 0 Å². The minimum absolute atomic E-state index is 0.125. The second kappa shape index (κ2) is 10.1. The molecule has 0 radical (unpaired) electrons. The molecule has 1 atom stereocenters. The van der Waals surface area contributed by atoms with Crippen molar-refractivity contribution in [3.05, 3.63) is 46.7 Å². The number of halogens is 1. The zero-order valence-corrected chi connectivity index (χ0v) is 18.3. The Bertz CT molecular complexity index is 773. The van der Waals surface area contributed by atoms with Crippen LogP contribution in [0.3, 0.4) is 0 Å². The molecule has 1 aromatic heterocycles. The van der Waals surface area contributed by atoms with Crippen LogP contribution in [0.25, 0.3) is 0 Å². The number of nitrogens with one attached hydrogen (secondary N) is 1. The summed E-state index contributed by atoms with van der Waals surface area (Å²) in [5, 5.41) is 5.26. The highest BCUT2D eigenvalue weighted by Gasteiger charge is 2.34. The van der Waals surface area contributed by atoms with Crippen molar-refractivity contribution < 1.29 is 14.3 Å². The second-order valence-electron chi connectivity index (χ2n) is 6.86. The molecule has 28 heavy (non-hydrogen) atoms. The number of nitrogens with zero attached hydrogens (tertiary/aromatic N) is 1. The molecule has 1 heterocycles. The number of thiophene rings is 1. The fourth-order valence-corrected chi connectivity index (χ4v) is 4.67. The van der Waals surface area contributed by atoms with E-state index in [1.807, 2.05) is 29.6 Å². The summed E-state index contributed by atoms with van der Waals surface area (Å²) < 4.78 is 5.23. The third kappa shape index (κ3) is 4.94. The molecule has 7 heteroatoms. The Hall–Kier alpha value is -1.86. The fraction of sp³-hybridized carbons (Fsp3) is 0.429. The van der Waals surface area contributed by atoms with Gasteiger partial charge in [0.2, 0.25) is 11.8 Å². The van der Waals surface area contributed by atoms with Gasteiger partial charge in [-0.15, -0.1) is 11.3 Å². The standard InChI is InChI=1S/C21H25BrN2O3S/c1-27-17-11-9-16(10-12-17)24(19(25)14-22)20(18-8-5-13-28-18)21(26)23-15-6-3-2-4-7-15/h5,8-13,15,20H,2-4,6-7,14H2,1H3,(H,23,26). The highest BCUT2D eigenvalue weighted by molar-refractivity contribution is 9.09. The summed E-state index contributed by atoms with van der Waals surface area (Å²) >= 11 is 4.76. The summed E-state index contributed by atoms with van der Waals surface area (Å²) in [6.07, 6.45) is 5.49. The maximum absolute atomic E-state index is 13.3. The first-order valence-corrected chi connectivity index (χ1v) is 11.5. The molecule has 1 aromatic carbocycles. The summed E-state index contributed by atoms with van der Waals surface area (Å²) in [5.74, 6) is 0.413. The van der Waals surface area contributed by atoms with Crippen molar-refractivity contribution in [2.24, 2.45) is 0 Å². The van der Waals surface area contributed by atoms with Crippen LogP contribution in [0.5, 0.6) is 5.75 Å². The molecule has 1 aliphatic carbocycles. The van der Waals surface area contributed by atoms with Gasteiger partial charge in [0.1, 0.15) is 11.8 Å². The summed E-state index contributed by atoms with van der Waals surface area (Å²) in [5.41, 5.74) is 0.669. The zero-order chi connectivity index (χ0) is 19.9. The number of carbonyl (C=O) groups is 2. The Morgan fingerprint density at radius 2 is 1.93 bits per heavy atom. The van der Waals surface area contributed by atoms with Crippen LogP contribution in [0, 0.1) is 0 Å². The SMILES string of the molecule is COc1ccc(N(C(=O)CBr)C(C(=O)NC2CCCCC2)c2cccs2)cc1. The first-order chi connectivity index (χ1) is 13.6. The van der Waals surface area contributed by atoms with Crippen molar-refractivity contribution >= 4 is 44.8 Å². The molecule has 1 fully saturated rings. The number of carbonyl (C=O) groups excluding carboxylic acids is 2. The first-order valence-electron chi connectivity index (χ1n) is 9.50. The maximum atomic E-state index is 13.3. The van der Waals surface area contributed by atoms with E-state index >= 15 is 0 Å². The minimum Gasteiger partial charge on any atom is -0.497 e. The summed E-state index contributed by atoms with van der Waals surface area (Å²) in [6, 6.07) is 10.5. The van der Waals surface area contributed by atoms with Gasteiger partial charge in [0.15, 0.2) is 0 Å². The van der Waals surface area contributed by atoms with E-state index in [2.05, 4.69) is 21.2 Å². The predicted molar refractivity (Wildman–Crippen MR) is 116 cm³/mol. The fourth-order valence-electron chi connectivity index (χ4n) is 3.59. The number of benzene rings is 1. The van der Waals surface area contributed by atoms with Crippen LogP contribution in [0.15, 0.2) is 41.8 Å². The predicted octanol–water partition coefficient (Wildman–Crippen LogP) is 4.67. The number of methoxy groups -OCH3 is 1. The summed E-state index contributed by atoms with van der Waals surface area (Å²) in [7, 11) is 1.60. The third-order valence-electron chi connectivity index (χ3n) is 5.00. The normalized spacial score (nSPS) is 15.6. The van der Waals surface area contributed by atoms with Crippen molar-refractivity contribution in [2.45, 2.75) is 44.2 Å². The van der Waals surface area contributed by atoms with E-state index < -0.39 is 6.04 Å². The Morgan fingerprint density at radius 3 is 2.50 bits per heavy atom. The quantitative estimate of drug-likeness (QED) is 0.605. The Balaban J connectivity index is 1.94. The lowest BCUT2D eigenvalue weighted by Gasteiger charge is -2.32. The summed E-state index contributed by atoms with van der Waals surface area (Å²) in [4.78, 5) is 28.6. The first kappa shape index (κ1) is 20.9. The van der Waals surface area contributed by atoms with Crippen molar-refractivity contribution in [3.8, 4) is 5.75 Å². The molecule has 2 aromatic rings. The van der Waals surface area contributed by atoms with Crippen molar-refractivity contribution in [3.63, 3.8) is 0 Å². The van der Waals surface area contributed by atoms with E-state index in [1.165, 1.54) is 17.8 Å². The monoisotopic (exact) mass is 464 g/mol. The van der Waals surface area contributed by atoms with Crippen LogP contribution < -0.4 is 15.0 Å². The zero-order valence-electron chi connectivity index (χ0n) is 15.9. The number of hydrogen-bond acceptors (Lipinski definition) is 4. The Kier molecular flexibility index (Phi) is 7.50. The average molecular weight is 465 g/mol. The third-order valence-corrected chi connectivity index (χ3v) is 6.41. The lowest BCUT2D eigenvalue weighted by atomic mass is 9.95. The Labute approximate surface area is 178 Å². The van der Waals surface area contributed by atoms with Gasteiger partial charge >= 0.3 is 0 Å². The number of amides is 2. The number of ether oxygens (including phenoxy) is 1. The van der Waals surface area contributed by atoms with Crippen LogP contribution >= 0.6 is 27.3 Å². The average Bonchev–Trinajstić information content (AvgIpc) is 3.26. The molecule has 1 N–H and O–H groups in total. The molecule has 0 bridgehead atoms. The van der Waals surface area contributed by atoms with E-state index in [-0.39, 0.29) is 23.2 Å². The van der Waals surface area contributed by atoms with Crippen molar-refractivity contribution in [1.82, 2.24) is 5.32 Å². The number of rotatable bonds is 7. The molecular formula is C21H25BrN2O3S. The van der Waals surface area contributed by atoms with E-state index in [1.54, 1.807) is 24.1 Å². The van der Waals surface area contributed by atoms with Crippen LogP contribution in [0.4, 0.5) is 5.69 Å². The van der Waals surface area contributed by atoms with E-state index in [9.17, 15) is 9.59 Å². The van der Waals surface area contributed by atoms with E-state index in [0.29, 0.717) is 11.4 Å². The molecule has 0 aliphatic heterocycles. The lowest BCUT2D eigenvalue weighted by Crippen LogP contribution is -2.47. The molecule has 5 nitrogen and oxygen atoms in total. The topological polar surface area (TPSA) is 58.6 Å². The van der Waals surface area contributed by atoms with Crippen LogP contribution in [-0.4, -0.2) is 30.3 Å². The van der Waals surface area contributed by atoms with Crippen LogP contribution in [-0.2, 0) is 9.59 Å². The maximum Gasteiger partial charge on any atom is 0.248 e. The summed E-state index contributed by atoms with van der Waals surface area (Å²) in [6.45, 7) is 0. The largest absolute Gasteiger partial charge is 0.497 e. The molecule has 0 spiro atoms. The molecule has 1 saturated carbocycles. The van der Waals surface area contributed by atoms with E-state index in [4.69, 9.17) is 4.74 Å². The lowest BCUT2D eigenvalue weighted by molar-refractivity contribution is -0.126. The van der Waals surface area contributed by atoms with Crippen molar-refractivity contribution in [2.75, 3.05) is 17.3 Å². The molecule has 3 rings (SSSR count). The van der Waals surface area contributed by atoms with Gasteiger partial charge in [-0.05, 0) is 48.6 Å². The van der Waals surface area contributed by atoms with Gasteiger partial charge in [0.25, 0.3) is 0 Å². The van der Waals surface area contributed by atoms with E-state index in [0.717, 1.165) is 30.6 Å². The molecule has 2 amide bonds. The van der Waals surface area contributed by atoms with Gasteiger partial charge in [-0.25, -0.2) is 0 Å². The molecule has 1 aliphatic rings. The number of anilines is 1. The molecule has 150 valence electrons. The van der Waals surface area contributed by atoms with Crippen molar-refractivity contribution in [1.29, 1.82) is 0 Å². The van der Waals surface area contributed by atoms with Crippen LogP contribution in [0.1, 0.15) is 43.0 Å². The smallest absolute Gasteiger partial charge is 0.248 e. The highest BCUT2D eigenvalue weighted by atomic mass is 79.9. The number of hydrogen-bond donors (Lipinski definition) is 1. The molecular weight excluding hydrogens is 440 g/mol. The van der Waals surface area contributed by atoms with Gasteiger partial charge in [0, 0.05) is 16.6 Å². The Morgan fingerprint density at radius 1 is 1.21 bits per heavy atom. The van der Waals surface area contributed by atoms with Gasteiger partial charge in [-0.3, -0.25) is 14.5 Å².